The molecule has 80 valence electrons. The lowest BCUT2D eigenvalue weighted by Crippen LogP contribution is -2.37. The van der Waals surface area contributed by atoms with Gasteiger partial charge in [-0.2, -0.15) is 11.3 Å². The maximum absolute atomic E-state index is 11.9. The van der Waals surface area contributed by atoms with Gasteiger partial charge in [0.25, 0.3) is 5.91 Å². The zero-order valence-corrected chi connectivity index (χ0v) is 9.05. The molecule has 0 spiro atoms. The molecule has 2 rings (SSSR count). The Morgan fingerprint density at radius 1 is 1.53 bits per heavy atom. The van der Waals surface area contributed by atoms with E-state index in [9.17, 15) is 9.59 Å². The molecule has 4 nitrogen and oxygen atoms in total. The summed E-state index contributed by atoms with van der Waals surface area (Å²) in [6.07, 6.45) is 0.821. The Kier molecular flexibility index (Phi) is 3.01. The molecule has 1 aliphatic heterocycles. The molecule has 1 fully saturated rings. The summed E-state index contributed by atoms with van der Waals surface area (Å²) >= 11 is 1.49. The zero-order valence-electron chi connectivity index (χ0n) is 8.23. The molecule has 15 heavy (non-hydrogen) atoms. The summed E-state index contributed by atoms with van der Waals surface area (Å²) in [5.74, 6) is -0.121. The van der Waals surface area contributed by atoms with E-state index in [2.05, 4.69) is 5.32 Å². The van der Waals surface area contributed by atoms with Crippen molar-refractivity contribution in [2.45, 2.75) is 6.42 Å². The predicted molar refractivity (Wildman–Crippen MR) is 57.8 cm³/mol. The van der Waals surface area contributed by atoms with Crippen molar-refractivity contribution in [3.8, 4) is 0 Å². The molecule has 0 aromatic carbocycles. The average Bonchev–Trinajstić information content (AvgIpc) is 2.67. The number of thiophene rings is 1. The van der Waals surface area contributed by atoms with Crippen molar-refractivity contribution in [2.24, 2.45) is 0 Å². The van der Waals surface area contributed by atoms with E-state index >= 15 is 0 Å². The summed E-state index contributed by atoms with van der Waals surface area (Å²) in [4.78, 5) is 24.8. The van der Waals surface area contributed by atoms with E-state index in [1.54, 1.807) is 11.0 Å². The second-order valence-corrected chi connectivity index (χ2v) is 4.22. The standard InChI is InChI=1S/C10H12N2O2S/c13-9-6-12(4-1-3-11-9)10(14)8-2-5-15-7-8/h2,5,7H,1,3-4,6H2,(H,11,13). The van der Waals surface area contributed by atoms with E-state index in [0.717, 1.165) is 6.42 Å². The van der Waals surface area contributed by atoms with Crippen molar-refractivity contribution >= 4 is 23.2 Å². The Morgan fingerprint density at radius 2 is 2.40 bits per heavy atom. The third-order valence-corrected chi connectivity index (χ3v) is 3.00. The summed E-state index contributed by atoms with van der Waals surface area (Å²) in [6, 6.07) is 1.79. The molecule has 0 saturated carbocycles. The third-order valence-electron chi connectivity index (χ3n) is 2.32. The van der Waals surface area contributed by atoms with Crippen LogP contribution in [0.2, 0.25) is 0 Å². The fourth-order valence-corrected chi connectivity index (χ4v) is 2.18. The average molecular weight is 224 g/mol. The van der Waals surface area contributed by atoms with Crippen LogP contribution in [0.25, 0.3) is 0 Å². The summed E-state index contributed by atoms with van der Waals surface area (Å²) in [5.41, 5.74) is 0.676. The molecule has 1 aromatic rings. The SMILES string of the molecule is O=C1CN(C(=O)c2ccsc2)CCCN1. The van der Waals surface area contributed by atoms with Crippen LogP contribution in [0.15, 0.2) is 16.8 Å². The van der Waals surface area contributed by atoms with Crippen LogP contribution in [0.5, 0.6) is 0 Å². The number of nitrogens with zero attached hydrogens (tertiary/aromatic N) is 1. The highest BCUT2D eigenvalue weighted by Gasteiger charge is 2.20. The van der Waals surface area contributed by atoms with Crippen molar-refractivity contribution in [1.82, 2.24) is 10.2 Å². The van der Waals surface area contributed by atoms with Gasteiger partial charge in [-0.1, -0.05) is 0 Å². The number of nitrogens with one attached hydrogen (secondary N) is 1. The fourth-order valence-electron chi connectivity index (χ4n) is 1.55. The van der Waals surface area contributed by atoms with Gasteiger partial charge in [0.15, 0.2) is 0 Å². The fraction of sp³-hybridized carbons (Fsp3) is 0.400. The van der Waals surface area contributed by atoms with Gasteiger partial charge < -0.3 is 10.2 Å². The van der Waals surface area contributed by atoms with Crippen LogP contribution in [0, 0.1) is 0 Å². The van der Waals surface area contributed by atoms with Gasteiger partial charge in [0.2, 0.25) is 5.91 Å². The first-order chi connectivity index (χ1) is 7.27. The molecule has 1 N–H and O–H groups in total. The predicted octanol–water partition coefficient (Wildman–Crippen LogP) is 0.710. The van der Waals surface area contributed by atoms with Gasteiger partial charge in [-0.3, -0.25) is 9.59 Å². The van der Waals surface area contributed by atoms with Crippen LogP contribution in [-0.2, 0) is 4.79 Å². The highest BCUT2D eigenvalue weighted by Crippen LogP contribution is 2.10. The first-order valence-electron chi connectivity index (χ1n) is 4.85. The summed E-state index contributed by atoms with van der Waals surface area (Å²) < 4.78 is 0. The molecule has 2 heterocycles. The molecule has 2 amide bonds. The van der Waals surface area contributed by atoms with Crippen molar-refractivity contribution in [3.05, 3.63) is 22.4 Å². The highest BCUT2D eigenvalue weighted by atomic mass is 32.1. The minimum atomic E-state index is -0.0731. The first kappa shape index (κ1) is 10.2. The lowest BCUT2D eigenvalue weighted by molar-refractivity contribution is -0.121. The number of hydrogen-bond donors (Lipinski definition) is 1. The maximum Gasteiger partial charge on any atom is 0.255 e. The van der Waals surface area contributed by atoms with E-state index in [1.165, 1.54) is 11.3 Å². The molecule has 0 bridgehead atoms. The van der Waals surface area contributed by atoms with Crippen LogP contribution >= 0.6 is 11.3 Å². The van der Waals surface area contributed by atoms with Crippen LogP contribution in [0.4, 0.5) is 0 Å². The van der Waals surface area contributed by atoms with Gasteiger partial charge in [-0.05, 0) is 17.9 Å². The number of rotatable bonds is 1. The topological polar surface area (TPSA) is 49.4 Å². The smallest absolute Gasteiger partial charge is 0.255 e. The van der Waals surface area contributed by atoms with E-state index < -0.39 is 0 Å². The Hall–Kier alpha value is -1.36. The van der Waals surface area contributed by atoms with Gasteiger partial charge in [0, 0.05) is 18.5 Å². The molecule has 0 radical (unpaired) electrons. The molecule has 5 heteroatoms. The summed E-state index contributed by atoms with van der Waals surface area (Å²) in [6.45, 7) is 1.48. The van der Waals surface area contributed by atoms with Crippen LogP contribution in [0.1, 0.15) is 16.8 Å². The minimum Gasteiger partial charge on any atom is -0.354 e. The molecule has 0 atom stereocenters. The van der Waals surface area contributed by atoms with E-state index in [-0.39, 0.29) is 18.4 Å². The Morgan fingerprint density at radius 3 is 3.13 bits per heavy atom. The first-order valence-corrected chi connectivity index (χ1v) is 5.80. The number of carbonyl (C=O) groups excluding carboxylic acids is 2. The number of hydrogen-bond acceptors (Lipinski definition) is 3. The lowest BCUT2D eigenvalue weighted by atomic mass is 10.3. The highest BCUT2D eigenvalue weighted by molar-refractivity contribution is 7.08. The van der Waals surface area contributed by atoms with Gasteiger partial charge in [-0.25, -0.2) is 0 Å². The van der Waals surface area contributed by atoms with E-state index in [4.69, 9.17) is 0 Å². The Labute approximate surface area is 91.9 Å². The van der Waals surface area contributed by atoms with Gasteiger partial charge in [0.1, 0.15) is 0 Å². The largest absolute Gasteiger partial charge is 0.354 e. The van der Waals surface area contributed by atoms with Crippen molar-refractivity contribution in [2.75, 3.05) is 19.6 Å². The molecule has 1 aromatic heterocycles. The molecular formula is C10H12N2O2S. The number of amides is 2. The van der Waals surface area contributed by atoms with E-state index in [1.807, 2.05) is 10.8 Å². The Bertz CT molecular complexity index is 362. The van der Waals surface area contributed by atoms with E-state index in [0.29, 0.717) is 18.7 Å². The molecule has 0 aliphatic carbocycles. The lowest BCUT2D eigenvalue weighted by Gasteiger charge is -2.17. The monoisotopic (exact) mass is 224 g/mol. The molecule has 0 unspecified atom stereocenters. The van der Waals surface area contributed by atoms with Crippen LogP contribution in [-0.4, -0.2) is 36.3 Å². The quantitative estimate of drug-likeness (QED) is 0.763. The maximum atomic E-state index is 11.9. The van der Waals surface area contributed by atoms with Gasteiger partial charge in [0.05, 0.1) is 12.1 Å². The van der Waals surface area contributed by atoms with Gasteiger partial charge >= 0.3 is 0 Å². The second-order valence-electron chi connectivity index (χ2n) is 3.44. The molecule has 1 aliphatic rings. The van der Waals surface area contributed by atoms with Crippen molar-refractivity contribution in [3.63, 3.8) is 0 Å². The Balaban J connectivity index is 2.09. The number of carbonyl (C=O) groups is 2. The van der Waals surface area contributed by atoms with Crippen LogP contribution < -0.4 is 5.32 Å². The summed E-state index contributed by atoms with van der Waals surface area (Å²) in [5, 5.41) is 6.42. The van der Waals surface area contributed by atoms with Gasteiger partial charge in [-0.15, -0.1) is 0 Å². The normalized spacial score (nSPS) is 17.1. The second kappa shape index (κ2) is 4.44. The van der Waals surface area contributed by atoms with Crippen LogP contribution in [0.3, 0.4) is 0 Å². The molecular weight excluding hydrogens is 212 g/mol. The van der Waals surface area contributed by atoms with Crippen molar-refractivity contribution < 1.29 is 9.59 Å². The zero-order chi connectivity index (χ0) is 10.7. The third kappa shape index (κ3) is 2.36. The molecule has 1 saturated heterocycles. The minimum absolute atomic E-state index is 0.0479. The van der Waals surface area contributed by atoms with Crippen molar-refractivity contribution in [1.29, 1.82) is 0 Å². The summed E-state index contributed by atoms with van der Waals surface area (Å²) in [7, 11) is 0.